The Hall–Kier alpha value is -2.73. The highest BCUT2D eigenvalue weighted by atomic mass is 16.2. The number of nitrogens with one attached hydrogen (secondary N) is 2. The second-order valence-electron chi connectivity index (χ2n) is 8.54. The molecule has 2 aliphatic heterocycles. The first-order chi connectivity index (χ1) is 13.4. The molecular weight excluding hydrogens is 350 g/mol. The van der Waals surface area contributed by atoms with E-state index in [1.165, 1.54) is 5.56 Å². The number of fused-ring (bicyclic) bond motifs is 1. The SMILES string of the molecule is CC(C)(C)N=C1Nc2ccccc2CN[C@@]12CCN(C(=O)c1ccccn1)C2. The smallest absolute Gasteiger partial charge is 0.272 e. The molecule has 2 aromatic rings. The van der Waals surface area contributed by atoms with Crippen LogP contribution >= 0.6 is 0 Å². The Bertz CT molecular complexity index is 903. The van der Waals surface area contributed by atoms with E-state index in [4.69, 9.17) is 4.99 Å². The predicted octanol–water partition coefficient (Wildman–Crippen LogP) is 3.08. The van der Waals surface area contributed by atoms with Crippen LogP contribution in [0.25, 0.3) is 0 Å². The molecule has 1 fully saturated rings. The molecular formula is C22H27N5O. The average molecular weight is 377 g/mol. The van der Waals surface area contributed by atoms with Crippen LogP contribution in [-0.2, 0) is 6.54 Å². The van der Waals surface area contributed by atoms with Gasteiger partial charge in [0.2, 0.25) is 0 Å². The van der Waals surface area contributed by atoms with Crippen molar-refractivity contribution in [1.82, 2.24) is 15.2 Å². The largest absolute Gasteiger partial charge is 0.342 e. The van der Waals surface area contributed by atoms with Gasteiger partial charge in [0, 0.05) is 31.5 Å². The topological polar surface area (TPSA) is 69.6 Å². The molecule has 0 unspecified atom stereocenters. The number of carbonyl (C=O) groups is 1. The first kappa shape index (κ1) is 18.6. The third kappa shape index (κ3) is 3.64. The molecule has 0 bridgehead atoms. The summed E-state index contributed by atoms with van der Waals surface area (Å²) in [6.45, 7) is 8.26. The summed E-state index contributed by atoms with van der Waals surface area (Å²) in [7, 11) is 0. The summed E-state index contributed by atoms with van der Waals surface area (Å²) < 4.78 is 0. The lowest BCUT2D eigenvalue weighted by atomic mass is 9.95. The number of amides is 1. The Morgan fingerprint density at radius 2 is 1.96 bits per heavy atom. The van der Waals surface area contributed by atoms with Crippen LogP contribution in [0.3, 0.4) is 0 Å². The Balaban J connectivity index is 1.67. The summed E-state index contributed by atoms with van der Waals surface area (Å²) in [5.74, 6) is 0.873. The summed E-state index contributed by atoms with van der Waals surface area (Å²) in [6, 6.07) is 13.7. The number of aromatic nitrogens is 1. The van der Waals surface area contributed by atoms with E-state index in [1.54, 1.807) is 12.3 Å². The molecule has 1 spiro atoms. The van der Waals surface area contributed by atoms with E-state index in [0.717, 1.165) is 24.5 Å². The van der Waals surface area contributed by atoms with Gasteiger partial charge in [-0.2, -0.15) is 0 Å². The molecule has 28 heavy (non-hydrogen) atoms. The Morgan fingerprint density at radius 3 is 2.71 bits per heavy atom. The number of pyridine rings is 1. The van der Waals surface area contributed by atoms with Crippen LogP contribution in [0.2, 0.25) is 0 Å². The third-order valence-corrected chi connectivity index (χ3v) is 5.23. The molecule has 4 rings (SSSR count). The predicted molar refractivity (Wildman–Crippen MR) is 112 cm³/mol. The van der Waals surface area contributed by atoms with Crippen molar-refractivity contribution in [2.24, 2.45) is 4.99 Å². The van der Waals surface area contributed by atoms with Crippen LogP contribution < -0.4 is 10.6 Å². The fraction of sp³-hybridized carbons (Fsp3) is 0.409. The number of hydrogen-bond acceptors (Lipinski definition) is 4. The normalized spacial score (nSPS) is 23.4. The minimum atomic E-state index is -0.392. The van der Waals surface area contributed by atoms with Crippen LogP contribution in [-0.4, -0.2) is 45.8 Å². The number of amidine groups is 1. The van der Waals surface area contributed by atoms with E-state index in [2.05, 4.69) is 48.5 Å². The van der Waals surface area contributed by atoms with Crippen molar-refractivity contribution < 1.29 is 4.79 Å². The van der Waals surface area contributed by atoms with Crippen molar-refractivity contribution in [2.75, 3.05) is 18.4 Å². The molecule has 6 heteroatoms. The first-order valence-electron chi connectivity index (χ1n) is 9.77. The zero-order valence-corrected chi connectivity index (χ0v) is 16.7. The average Bonchev–Trinajstić information content (AvgIpc) is 3.05. The Labute approximate surface area is 166 Å². The van der Waals surface area contributed by atoms with Gasteiger partial charge >= 0.3 is 0 Å². The maximum absolute atomic E-state index is 12.9. The van der Waals surface area contributed by atoms with Gasteiger partial charge in [-0.25, -0.2) is 0 Å². The molecule has 3 heterocycles. The first-order valence-corrected chi connectivity index (χ1v) is 9.77. The molecule has 1 aromatic heterocycles. The molecule has 1 atom stereocenters. The number of rotatable bonds is 1. The van der Waals surface area contributed by atoms with Crippen LogP contribution in [0.4, 0.5) is 5.69 Å². The van der Waals surface area contributed by atoms with Gasteiger partial charge in [0.15, 0.2) is 0 Å². The second-order valence-corrected chi connectivity index (χ2v) is 8.54. The van der Waals surface area contributed by atoms with Crippen molar-refractivity contribution >= 4 is 17.4 Å². The number of carbonyl (C=O) groups excluding carboxylic acids is 1. The zero-order valence-electron chi connectivity index (χ0n) is 16.7. The van der Waals surface area contributed by atoms with E-state index in [1.807, 2.05) is 29.2 Å². The molecule has 1 aromatic carbocycles. The van der Waals surface area contributed by atoms with Crippen molar-refractivity contribution in [3.05, 3.63) is 59.9 Å². The van der Waals surface area contributed by atoms with Crippen LogP contribution in [0.15, 0.2) is 53.7 Å². The van der Waals surface area contributed by atoms with E-state index in [9.17, 15) is 4.79 Å². The number of likely N-dealkylation sites (tertiary alicyclic amines) is 1. The van der Waals surface area contributed by atoms with Gasteiger partial charge in [0.25, 0.3) is 5.91 Å². The molecule has 0 aliphatic carbocycles. The number of aliphatic imine (C=N–C) groups is 1. The van der Waals surface area contributed by atoms with E-state index in [0.29, 0.717) is 18.8 Å². The summed E-state index contributed by atoms with van der Waals surface area (Å²) in [5.41, 5.74) is 2.14. The lowest BCUT2D eigenvalue weighted by Crippen LogP contribution is -2.56. The summed E-state index contributed by atoms with van der Waals surface area (Å²) in [4.78, 5) is 24.1. The highest BCUT2D eigenvalue weighted by Gasteiger charge is 2.46. The van der Waals surface area contributed by atoms with Crippen molar-refractivity contribution in [3.8, 4) is 0 Å². The molecule has 1 amide bonds. The minimum Gasteiger partial charge on any atom is -0.342 e. The fourth-order valence-corrected chi connectivity index (χ4v) is 3.83. The molecule has 6 nitrogen and oxygen atoms in total. The van der Waals surface area contributed by atoms with Gasteiger partial charge in [0.05, 0.1) is 11.1 Å². The van der Waals surface area contributed by atoms with Crippen molar-refractivity contribution in [1.29, 1.82) is 0 Å². The fourth-order valence-electron chi connectivity index (χ4n) is 3.83. The minimum absolute atomic E-state index is 0.0313. The van der Waals surface area contributed by atoms with E-state index < -0.39 is 5.54 Å². The highest BCUT2D eigenvalue weighted by molar-refractivity contribution is 6.05. The lowest BCUT2D eigenvalue weighted by molar-refractivity contribution is 0.0780. The maximum Gasteiger partial charge on any atom is 0.272 e. The van der Waals surface area contributed by atoms with Gasteiger partial charge in [0.1, 0.15) is 11.5 Å². The number of hydrogen-bond donors (Lipinski definition) is 2. The van der Waals surface area contributed by atoms with E-state index >= 15 is 0 Å². The third-order valence-electron chi connectivity index (χ3n) is 5.23. The molecule has 0 radical (unpaired) electrons. The number of benzene rings is 1. The van der Waals surface area contributed by atoms with Crippen molar-refractivity contribution in [3.63, 3.8) is 0 Å². The number of anilines is 1. The number of para-hydroxylation sites is 1. The van der Waals surface area contributed by atoms with Crippen LogP contribution in [0, 0.1) is 0 Å². The summed E-state index contributed by atoms with van der Waals surface area (Å²) >= 11 is 0. The monoisotopic (exact) mass is 377 g/mol. The van der Waals surface area contributed by atoms with E-state index in [-0.39, 0.29) is 11.4 Å². The summed E-state index contributed by atoms with van der Waals surface area (Å²) in [5, 5.41) is 7.30. The second kappa shape index (κ2) is 7.02. The number of nitrogens with zero attached hydrogens (tertiary/aromatic N) is 3. The summed E-state index contributed by atoms with van der Waals surface area (Å²) in [6.07, 6.45) is 2.47. The van der Waals surface area contributed by atoms with Crippen molar-refractivity contribution in [2.45, 2.75) is 44.8 Å². The standard InChI is InChI=1S/C22H27N5O/c1-21(2,3)26-20-22(24-14-16-8-4-5-9-17(16)25-20)11-13-27(15-22)19(28)18-10-6-7-12-23-18/h4-10,12,24H,11,13-15H2,1-3H3,(H,25,26)/t22-/m1/s1. The van der Waals surface area contributed by atoms with Gasteiger partial charge in [-0.05, 0) is 51.0 Å². The quantitative estimate of drug-likeness (QED) is 0.801. The highest BCUT2D eigenvalue weighted by Crippen LogP contribution is 2.31. The van der Waals surface area contributed by atoms with Gasteiger partial charge in [-0.1, -0.05) is 24.3 Å². The maximum atomic E-state index is 12.9. The molecule has 1 saturated heterocycles. The van der Waals surface area contributed by atoms with Crippen LogP contribution in [0.5, 0.6) is 0 Å². The Kier molecular flexibility index (Phi) is 4.67. The molecule has 2 N–H and O–H groups in total. The lowest BCUT2D eigenvalue weighted by Gasteiger charge is -2.32. The van der Waals surface area contributed by atoms with Crippen LogP contribution in [0.1, 0.15) is 43.2 Å². The molecule has 146 valence electrons. The van der Waals surface area contributed by atoms with Gasteiger partial charge in [-0.15, -0.1) is 0 Å². The zero-order chi connectivity index (χ0) is 19.8. The molecule has 2 aliphatic rings. The Morgan fingerprint density at radius 1 is 1.18 bits per heavy atom. The molecule has 0 saturated carbocycles. The van der Waals surface area contributed by atoms with Gasteiger partial charge < -0.3 is 10.2 Å². The van der Waals surface area contributed by atoms with Gasteiger partial charge in [-0.3, -0.25) is 20.1 Å².